The van der Waals surface area contributed by atoms with Gasteiger partial charge in [0, 0.05) is 0 Å². The number of hydrogen-bond acceptors (Lipinski definition) is 3. The van der Waals surface area contributed by atoms with Gasteiger partial charge in [0.25, 0.3) is 0 Å². The zero-order valence-corrected chi connectivity index (χ0v) is 9.28. The molecule has 0 bridgehead atoms. The molecule has 2 nitrogen and oxygen atoms in total. The van der Waals surface area contributed by atoms with Crippen LogP contribution in [0.5, 0.6) is 0 Å². The molecule has 0 aromatic rings. The van der Waals surface area contributed by atoms with Crippen LogP contribution in [0.25, 0.3) is 0 Å². The molecule has 0 radical (unpaired) electrons. The summed E-state index contributed by atoms with van der Waals surface area (Å²) in [6, 6.07) is 0. The number of hydrogen-bond donors (Lipinski definition) is 1. The van der Waals surface area contributed by atoms with Crippen LogP contribution in [-0.4, -0.2) is 14.7 Å². The quantitative estimate of drug-likeness (QED) is 0.454. The van der Waals surface area contributed by atoms with Gasteiger partial charge in [-0.25, -0.2) is 0 Å². The van der Waals surface area contributed by atoms with Crippen LogP contribution in [0.1, 0.15) is 6.92 Å². The van der Waals surface area contributed by atoms with E-state index in [4.69, 9.17) is 0 Å². The minimum absolute atomic E-state index is 0.350. The molecule has 0 atom stereocenters. The van der Waals surface area contributed by atoms with Gasteiger partial charge in [0.2, 0.25) is 0 Å². The van der Waals surface area contributed by atoms with Gasteiger partial charge in [-0.15, -0.1) is 3.89 Å². The first-order chi connectivity index (χ1) is 6.02. The van der Waals surface area contributed by atoms with Crippen molar-refractivity contribution in [3.05, 3.63) is 35.8 Å². The third-order valence-electron chi connectivity index (χ3n) is 0.963. The van der Waals surface area contributed by atoms with Gasteiger partial charge in [-0.1, -0.05) is 24.8 Å². The monoisotopic (exact) mass is 224 g/mol. The van der Waals surface area contributed by atoms with Crippen LogP contribution in [0.3, 0.4) is 0 Å². The second-order valence-electron chi connectivity index (χ2n) is 1.72. The largest absolute Gasteiger partial charge is 0.331 e. The molecule has 76 valence electrons. The Labute approximate surface area is 84.5 Å². The van der Waals surface area contributed by atoms with Crippen molar-refractivity contribution < 1.29 is 12.3 Å². The molecule has 0 rings (SSSR count). The lowest BCUT2D eigenvalue weighted by Gasteiger charge is -1.90. The summed E-state index contributed by atoms with van der Waals surface area (Å²) < 4.78 is 32.7. The Kier molecular flexibility index (Phi) is 9.27. The molecule has 0 saturated carbocycles. The van der Waals surface area contributed by atoms with Gasteiger partial charge in [-0.05, 0) is 19.3 Å². The van der Waals surface area contributed by atoms with E-state index in [0.717, 1.165) is 6.08 Å². The van der Waals surface area contributed by atoms with E-state index < -0.39 is 10.2 Å². The highest BCUT2D eigenvalue weighted by Gasteiger charge is 2.10. The second kappa shape index (κ2) is 8.07. The van der Waals surface area contributed by atoms with Gasteiger partial charge in [0.1, 0.15) is 0 Å². The lowest BCUT2D eigenvalue weighted by atomic mass is 10.4. The topological polar surface area (TPSA) is 34.1 Å². The first-order valence-corrected chi connectivity index (χ1v) is 5.65. The molecular weight excluding hydrogens is 211 g/mol. The normalized spacial score (nSPS) is 12.2. The SMILES string of the molecule is C=C/C=C\C(=C/C)S(=O)(=O)F.CS. The van der Waals surface area contributed by atoms with Crippen molar-refractivity contribution in [1.29, 1.82) is 0 Å². The van der Waals surface area contributed by atoms with E-state index in [9.17, 15) is 12.3 Å². The summed E-state index contributed by atoms with van der Waals surface area (Å²) in [7, 11) is -4.56. The standard InChI is InChI=1S/C7H9FO2S.CH4S/c1-3-5-6-7(4-2)11(8,9)10;1-2/h3-6H,1H2,2H3;2H,1H3/b6-5-,7-4+;. The Morgan fingerprint density at radius 3 is 2.15 bits per heavy atom. The van der Waals surface area contributed by atoms with Crippen molar-refractivity contribution in [3.63, 3.8) is 0 Å². The van der Waals surface area contributed by atoms with Gasteiger partial charge in [-0.3, -0.25) is 0 Å². The summed E-state index contributed by atoms with van der Waals surface area (Å²) in [5.41, 5.74) is 0. The van der Waals surface area contributed by atoms with E-state index in [2.05, 4.69) is 19.2 Å². The van der Waals surface area contributed by atoms with Crippen molar-refractivity contribution in [2.24, 2.45) is 0 Å². The van der Waals surface area contributed by atoms with Gasteiger partial charge >= 0.3 is 10.2 Å². The summed E-state index contributed by atoms with van der Waals surface area (Å²) >= 11 is 3.53. The molecule has 5 heteroatoms. The van der Waals surface area contributed by atoms with Crippen molar-refractivity contribution in [2.75, 3.05) is 6.26 Å². The first-order valence-electron chi connectivity index (χ1n) is 3.37. The third-order valence-corrected chi connectivity index (χ3v) is 1.90. The highest BCUT2D eigenvalue weighted by molar-refractivity contribution is 7.90. The molecule has 0 amide bonds. The molecule has 13 heavy (non-hydrogen) atoms. The summed E-state index contributed by atoms with van der Waals surface area (Å²) in [5.74, 6) is 0. The highest BCUT2D eigenvalue weighted by Crippen LogP contribution is 2.09. The third kappa shape index (κ3) is 7.80. The average molecular weight is 224 g/mol. The fraction of sp³-hybridized carbons (Fsp3) is 0.250. The van der Waals surface area contributed by atoms with Crippen LogP contribution in [0.2, 0.25) is 0 Å². The fourth-order valence-electron chi connectivity index (χ4n) is 0.481. The van der Waals surface area contributed by atoms with Crippen molar-refractivity contribution >= 4 is 22.9 Å². The molecule has 0 spiro atoms. The minimum Gasteiger partial charge on any atom is -0.189 e. The summed E-state index contributed by atoms with van der Waals surface area (Å²) in [6.07, 6.45) is 6.73. The number of halogens is 1. The van der Waals surface area contributed by atoms with E-state index in [-0.39, 0.29) is 4.91 Å². The fourth-order valence-corrected chi connectivity index (χ4v) is 1.00. The van der Waals surface area contributed by atoms with E-state index >= 15 is 0 Å². The number of allylic oxidation sites excluding steroid dienone is 4. The van der Waals surface area contributed by atoms with Crippen LogP contribution in [-0.2, 0) is 10.2 Å². The predicted octanol–water partition coefficient (Wildman–Crippen LogP) is 2.48. The summed E-state index contributed by atoms with van der Waals surface area (Å²) in [6.45, 7) is 4.76. The Morgan fingerprint density at radius 2 is 1.92 bits per heavy atom. The summed E-state index contributed by atoms with van der Waals surface area (Å²) in [4.78, 5) is -0.350. The van der Waals surface area contributed by atoms with E-state index in [1.165, 1.54) is 25.2 Å². The molecule has 0 saturated heterocycles. The Bertz CT molecular complexity index is 289. The Morgan fingerprint density at radius 1 is 1.46 bits per heavy atom. The summed E-state index contributed by atoms with van der Waals surface area (Å²) in [5, 5.41) is 0. The number of thiol groups is 1. The Hall–Kier alpha value is -0.550. The molecule has 0 aliphatic heterocycles. The highest BCUT2D eigenvalue weighted by atomic mass is 32.3. The molecule has 0 aliphatic carbocycles. The Balaban J connectivity index is 0. The average Bonchev–Trinajstić information content (AvgIpc) is 2.07. The van der Waals surface area contributed by atoms with E-state index in [1.54, 1.807) is 6.26 Å². The van der Waals surface area contributed by atoms with Crippen LogP contribution in [0, 0.1) is 0 Å². The van der Waals surface area contributed by atoms with E-state index in [1.807, 2.05) is 0 Å². The molecule has 0 heterocycles. The predicted molar refractivity (Wildman–Crippen MR) is 58.0 cm³/mol. The zero-order valence-electron chi connectivity index (χ0n) is 7.57. The lowest BCUT2D eigenvalue weighted by Crippen LogP contribution is -1.91. The molecule has 0 aliphatic rings. The molecule has 0 aromatic carbocycles. The molecule has 0 fully saturated rings. The molecular formula is C8H13FO2S2. The van der Waals surface area contributed by atoms with Crippen molar-refractivity contribution in [1.82, 2.24) is 0 Å². The van der Waals surface area contributed by atoms with Crippen LogP contribution in [0.4, 0.5) is 3.89 Å². The van der Waals surface area contributed by atoms with Crippen LogP contribution < -0.4 is 0 Å². The first kappa shape index (κ1) is 14.9. The lowest BCUT2D eigenvalue weighted by molar-refractivity contribution is 0.560. The maximum Gasteiger partial charge on any atom is 0.331 e. The maximum absolute atomic E-state index is 12.2. The van der Waals surface area contributed by atoms with Crippen molar-refractivity contribution in [3.8, 4) is 0 Å². The van der Waals surface area contributed by atoms with Crippen molar-refractivity contribution in [2.45, 2.75) is 6.92 Å². The second-order valence-corrected chi connectivity index (χ2v) is 3.07. The maximum atomic E-state index is 12.2. The van der Waals surface area contributed by atoms with Gasteiger partial charge in [-0.2, -0.15) is 21.0 Å². The van der Waals surface area contributed by atoms with E-state index in [0.29, 0.717) is 0 Å². The smallest absolute Gasteiger partial charge is 0.189 e. The molecule has 0 aromatic heterocycles. The van der Waals surface area contributed by atoms with Gasteiger partial charge in [0.15, 0.2) is 0 Å². The van der Waals surface area contributed by atoms with Gasteiger partial charge < -0.3 is 0 Å². The minimum atomic E-state index is -4.56. The van der Waals surface area contributed by atoms with Crippen LogP contribution in [0.15, 0.2) is 35.8 Å². The number of rotatable bonds is 3. The molecule has 0 N–H and O–H groups in total. The molecule has 0 unspecified atom stereocenters. The van der Waals surface area contributed by atoms with Crippen LogP contribution >= 0.6 is 12.6 Å². The van der Waals surface area contributed by atoms with Gasteiger partial charge in [0.05, 0.1) is 4.91 Å². The zero-order chi connectivity index (χ0) is 10.9.